The van der Waals surface area contributed by atoms with E-state index in [0.29, 0.717) is 13.0 Å². The molecule has 0 saturated heterocycles. The largest absolute Gasteiger partial charge is 0.347 e. The Morgan fingerprint density at radius 1 is 1.04 bits per heavy atom. The van der Waals surface area contributed by atoms with Crippen molar-refractivity contribution in [3.8, 4) is 0 Å². The molecule has 0 aliphatic rings. The van der Waals surface area contributed by atoms with E-state index in [1.807, 2.05) is 43.6 Å². The number of para-hydroxylation sites is 3. The van der Waals surface area contributed by atoms with E-state index in [1.165, 1.54) is 5.39 Å². The number of aryl methyl sites for hydroxylation is 2. The topological polar surface area (TPSA) is 51.9 Å². The van der Waals surface area contributed by atoms with Gasteiger partial charge in [-0.05, 0) is 35.6 Å². The maximum absolute atomic E-state index is 12.7. The highest BCUT2D eigenvalue weighted by molar-refractivity contribution is 5.81. The van der Waals surface area contributed by atoms with E-state index < -0.39 is 0 Å². The van der Waals surface area contributed by atoms with E-state index in [-0.39, 0.29) is 17.9 Å². The summed E-state index contributed by atoms with van der Waals surface area (Å²) in [6.45, 7) is 4.89. The van der Waals surface area contributed by atoms with Crippen molar-refractivity contribution >= 4 is 27.8 Å². The van der Waals surface area contributed by atoms with E-state index >= 15 is 0 Å². The van der Waals surface area contributed by atoms with Gasteiger partial charge < -0.3 is 14.5 Å². The number of rotatable bonds is 6. The van der Waals surface area contributed by atoms with E-state index in [0.717, 1.165) is 22.4 Å². The summed E-state index contributed by atoms with van der Waals surface area (Å²) in [5.41, 5.74) is 3.20. The van der Waals surface area contributed by atoms with Crippen molar-refractivity contribution in [2.45, 2.75) is 32.9 Å². The van der Waals surface area contributed by atoms with E-state index in [9.17, 15) is 4.79 Å². The van der Waals surface area contributed by atoms with Crippen molar-refractivity contribution in [1.29, 1.82) is 0 Å². The van der Waals surface area contributed by atoms with Crippen molar-refractivity contribution in [1.82, 2.24) is 19.4 Å². The summed E-state index contributed by atoms with van der Waals surface area (Å²) < 4.78 is 4.22. The zero-order valence-electron chi connectivity index (χ0n) is 16.6. The van der Waals surface area contributed by atoms with Gasteiger partial charge in [0.05, 0.1) is 17.1 Å². The molecule has 0 unspecified atom stereocenters. The molecule has 0 saturated carbocycles. The van der Waals surface area contributed by atoms with Gasteiger partial charge in [0.2, 0.25) is 5.91 Å². The van der Waals surface area contributed by atoms with Gasteiger partial charge >= 0.3 is 0 Å². The molecule has 1 atom stereocenters. The maximum atomic E-state index is 12.7. The molecule has 0 fully saturated rings. The molecule has 2 aromatic carbocycles. The first kappa shape index (κ1) is 18.3. The number of imidazole rings is 1. The number of nitrogens with zero attached hydrogens (tertiary/aromatic N) is 3. The fourth-order valence-corrected chi connectivity index (χ4v) is 3.77. The van der Waals surface area contributed by atoms with Crippen molar-refractivity contribution in [2.75, 3.05) is 0 Å². The number of benzene rings is 2. The minimum atomic E-state index is -0.119. The first-order valence-corrected chi connectivity index (χ1v) is 9.79. The van der Waals surface area contributed by atoms with Crippen LogP contribution in [-0.4, -0.2) is 20.0 Å². The van der Waals surface area contributed by atoms with Crippen LogP contribution in [0.15, 0.2) is 60.8 Å². The minimum Gasteiger partial charge on any atom is -0.347 e. The molecule has 5 nitrogen and oxygen atoms in total. The number of aromatic nitrogens is 3. The van der Waals surface area contributed by atoms with E-state index in [4.69, 9.17) is 4.98 Å². The number of hydrogen-bond acceptors (Lipinski definition) is 2. The number of fused-ring (bicyclic) bond motifs is 2. The lowest BCUT2D eigenvalue weighted by atomic mass is 10.0. The predicted octanol–water partition coefficient (Wildman–Crippen LogP) is 4.43. The molecule has 0 aliphatic heterocycles. The average molecular weight is 374 g/mol. The van der Waals surface area contributed by atoms with Crippen molar-refractivity contribution in [3.63, 3.8) is 0 Å². The SMILES string of the molecule is CC(C)[C@H](NC(=O)CCn1ccc2ccccc21)c1nc2ccccc2n1C. The quantitative estimate of drug-likeness (QED) is 0.543. The second kappa shape index (κ2) is 7.50. The lowest BCUT2D eigenvalue weighted by molar-refractivity contribution is -0.122. The van der Waals surface area contributed by atoms with Crippen LogP contribution in [0, 0.1) is 5.92 Å². The van der Waals surface area contributed by atoms with Crippen LogP contribution in [0.2, 0.25) is 0 Å². The normalized spacial score (nSPS) is 12.7. The molecule has 0 bridgehead atoms. The van der Waals surface area contributed by atoms with Crippen LogP contribution >= 0.6 is 0 Å². The predicted molar refractivity (Wildman–Crippen MR) is 113 cm³/mol. The average Bonchev–Trinajstić information content (AvgIpc) is 3.26. The Morgan fingerprint density at radius 3 is 2.50 bits per heavy atom. The fraction of sp³-hybridized carbons (Fsp3) is 0.304. The third kappa shape index (κ3) is 3.40. The zero-order valence-corrected chi connectivity index (χ0v) is 16.6. The van der Waals surface area contributed by atoms with Gasteiger partial charge in [-0.3, -0.25) is 4.79 Å². The van der Waals surface area contributed by atoms with E-state index in [2.05, 4.69) is 52.6 Å². The van der Waals surface area contributed by atoms with Crippen LogP contribution in [0.4, 0.5) is 0 Å². The molecule has 2 heterocycles. The zero-order chi connectivity index (χ0) is 19.7. The number of nitrogens with one attached hydrogen (secondary N) is 1. The fourth-order valence-electron chi connectivity index (χ4n) is 3.77. The lowest BCUT2D eigenvalue weighted by Crippen LogP contribution is -2.33. The third-order valence-electron chi connectivity index (χ3n) is 5.34. The molecular weight excluding hydrogens is 348 g/mol. The number of carbonyl (C=O) groups is 1. The Hall–Kier alpha value is -3.08. The Labute approximate surface area is 165 Å². The van der Waals surface area contributed by atoms with Gasteiger partial charge in [0.1, 0.15) is 5.82 Å². The van der Waals surface area contributed by atoms with Gasteiger partial charge in [-0.25, -0.2) is 4.98 Å². The minimum absolute atomic E-state index is 0.0449. The summed E-state index contributed by atoms with van der Waals surface area (Å²) in [4.78, 5) is 17.5. The molecule has 0 aliphatic carbocycles. The van der Waals surface area contributed by atoms with Crippen LogP contribution in [-0.2, 0) is 18.4 Å². The van der Waals surface area contributed by atoms with Crippen LogP contribution < -0.4 is 5.32 Å². The van der Waals surface area contributed by atoms with Gasteiger partial charge in [0.15, 0.2) is 0 Å². The monoisotopic (exact) mass is 374 g/mol. The molecule has 144 valence electrons. The van der Waals surface area contributed by atoms with Crippen LogP contribution in [0.1, 0.15) is 32.1 Å². The highest BCUT2D eigenvalue weighted by atomic mass is 16.1. The lowest BCUT2D eigenvalue weighted by Gasteiger charge is -2.22. The summed E-state index contributed by atoms with van der Waals surface area (Å²) in [6.07, 6.45) is 2.48. The molecule has 0 spiro atoms. The summed E-state index contributed by atoms with van der Waals surface area (Å²) in [7, 11) is 2.01. The smallest absolute Gasteiger partial charge is 0.222 e. The van der Waals surface area contributed by atoms with Gasteiger partial charge in [0.25, 0.3) is 0 Å². The second-order valence-corrected chi connectivity index (χ2v) is 7.62. The Balaban J connectivity index is 1.50. The van der Waals surface area contributed by atoms with Crippen molar-refractivity contribution in [2.24, 2.45) is 13.0 Å². The van der Waals surface area contributed by atoms with Crippen LogP contribution in [0.5, 0.6) is 0 Å². The van der Waals surface area contributed by atoms with Gasteiger partial charge in [-0.1, -0.05) is 44.2 Å². The van der Waals surface area contributed by atoms with Gasteiger partial charge in [-0.15, -0.1) is 0 Å². The van der Waals surface area contributed by atoms with Crippen LogP contribution in [0.25, 0.3) is 21.9 Å². The number of hydrogen-bond donors (Lipinski definition) is 1. The Bertz CT molecular complexity index is 1120. The summed E-state index contributed by atoms with van der Waals surface area (Å²) >= 11 is 0. The standard InChI is InChI=1S/C23H26N4O/c1-16(2)22(23-24-18-9-5-7-11-20(18)26(23)3)25-21(28)13-15-27-14-12-17-8-4-6-10-19(17)27/h4-12,14,16,22H,13,15H2,1-3H3,(H,25,28)/t22-/m0/s1. The first-order valence-electron chi connectivity index (χ1n) is 9.79. The highest BCUT2D eigenvalue weighted by Crippen LogP contribution is 2.25. The first-order chi connectivity index (χ1) is 13.5. The molecule has 4 rings (SSSR count). The Morgan fingerprint density at radius 2 is 1.75 bits per heavy atom. The Kier molecular flexibility index (Phi) is 4.90. The number of carbonyl (C=O) groups excluding carboxylic acids is 1. The van der Waals surface area contributed by atoms with Gasteiger partial charge in [-0.2, -0.15) is 0 Å². The van der Waals surface area contributed by atoms with Gasteiger partial charge in [0, 0.05) is 31.7 Å². The molecule has 1 amide bonds. The third-order valence-corrected chi connectivity index (χ3v) is 5.34. The highest BCUT2D eigenvalue weighted by Gasteiger charge is 2.23. The molecule has 0 radical (unpaired) electrons. The maximum Gasteiger partial charge on any atom is 0.222 e. The number of amides is 1. The summed E-state index contributed by atoms with van der Waals surface area (Å²) in [6, 6.07) is 18.3. The summed E-state index contributed by atoms with van der Waals surface area (Å²) in [5, 5.41) is 4.41. The second-order valence-electron chi connectivity index (χ2n) is 7.62. The van der Waals surface area contributed by atoms with Crippen LogP contribution in [0.3, 0.4) is 0 Å². The molecule has 5 heteroatoms. The molecule has 4 aromatic rings. The molecule has 1 N–H and O–H groups in total. The summed E-state index contributed by atoms with van der Waals surface area (Å²) in [5.74, 6) is 1.19. The van der Waals surface area contributed by atoms with E-state index in [1.54, 1.807) is 0 Å². The molecular formula is C23H26N4O. The molecule has 2 aromatic heterocycles. The van der Waals surface area contributed by atoms with Crippen molar-refractivity contribution in [3.05, 3.63) is 66.6 Å². The molecule has 28 heavy (non-hydrogen) atoms. The van der Waals surface area contributed by atoms with Crippen molar-refractivity contribution < 1.29 is 4.79 Å².